The number of ether oxygens (including phenoxy) is 4. The van der Waals surface area contributed by atoms with Gasteiger partial charge < -0.3 is 24.1 Å². The van der Waals surface area contributed by atoms with Gasteiger partial charge in [0.05, 0.1) is 33.7 Å². The molecular formula is C30H39ClN4O7SSi. The highest BCUT2D eigenvalue weighted by Crippen LogP contribution is 2.34. The van der Waals surface area contributed by atoms with Gasteiger partial charge in [-0.1, -0.05) is 49.8 Å². The fourth-order valence-electron chi connectivity index (χ4n) is 5.63. The van der Waals surface area contributed by atoms with Crippen LogP contribution in [0.1, 0.15) is 29.6 Å². The molecule has 14 heteroatoms. The summed E-state index contributed by atoms with van der Waals surface area (Å²) in [5.41, 5.74) is 2.64. The van der Waals surface area contributed by atoms with Crippen molar-refractivity contribution >= 4 is 46.5 Å². The normalized spacial score (nSPS) is 24.8. The maximum Gasteiger partial charge on any atom is 0.301 e. The molecule has 0 radical (unpaired) electrons. The van der Waals surface area contributed by atoms with Gasteiger partial charge in [-0.2, -0.15) is 9.35 Å². The molecule has 4 atom stereocenters. The van der Waals surface area contributed by atoms with Crippen LogP contribution in [0.15, 0.2) is 34.7 Å². The Bertz CT molecular complexity index is 1640. The van der Waals surface area contributed by atoms with E-state index in [0.29, 0.717) is 57.1 Å². The van der Waals surface area contributed by atoms with Crippen molar-refractivity contribution < 1.29 is 33.1 Å². The lowest BCUT2D eigenvalue weighted by atomic mass is 10.1. The predicted molar refractivity (Wildman–Crippen MR) is 170 cm³/mol. The lowest BCUT2D eigenvalue weighted by Gasteiger charge is -2.19. The van der Waals surface area contributed by atoms with Gasteiger partial charge in [0.25, 0.3) is 5.91 Å². The van der Waals surface area contributed by atoms with Crippen LogP contribution >= 0.6 is 11.6 Å². The number of carbonyl (C=O) groups excluding carboxylic acids is 1. The first-order valence-electron chi connectivity index (χ1n) is 15.1. The zero-order chi connectivity index (χ0) is 31.1. The first kappa shape index (κ1) is 31.6. The number of rotatable bonds is 9. The van der Waals surface area contributed by atoms with Crippen LogP contribution in [0.5, 0.6) is 6.01 Å². The van der Waals surface area contributed by atoms with E-state index in [1.165, 1.54) is 0 Å². The van der Waals surface area contributed by atoms with Gasteiger partial charge in [0.1, 0.15) is 30.6 Å². The minimum Gasteiger partial charge on any atom is -0.456 e. The number of aliphatic hydroxyl groups excluding tert-OH is 1. The van der Waals surface area contributed by atoms with Gasteiger partial charge in [-0.15, -0.1) is 0 Å². The van der Waals surface area contributed by atoms with Gasteiger partial charge in [-0.05, 0) is 37.1 Å². The Balaban J connectivity index is 1.28. The number of pyridine rings is 1. The first-order valence-corrected chi connectivity index (χ1v) is 21.0. The van der Waals surface area contributed by atoms with Crippen molar-refractivity contribution in [1.29, 1.82) is 0 Å². The summed E-state index contributed by atoms with van der Waals surface area (Å²) in [5.74, 6) is 0.480. The fraction of sp³-hybridized carbons (Fsp3) is 0.567. The van der Waals surface area contributed by atoms with E-state index in [1.54, 1.807) is 34.9 Å². The molecule has 3 saturated heterocycles. The third-order valence-corrected chi connectivity index (χ3v) is 12.5. The third-order valence-electron chi connectivity index (χ3n) is 8.18. The molecule has 3 aliphatic rings. The summed E-state index contributed by atoms with van der Waals surface area (Å²) in [6.07, 6.45) is 0.715. The van der Waals surface area contributed by atoms with Crippen LogP contribution in [-0.2, 0) is 30.7 Å². The van der Waals surface area contributed by atoms with Crippen molar-refractivity contribution in [2.24, 2.45) is 4.36 Å². The number of fused-ring (bicyclic) bond motifs is 2. The van der Waals surface area contributed by atoms with Crippen molar-refractivity contribution in [2.45, 2.75) is 76.1 Å². The Morgan fingerprint density at radius 1 is 1.11 bits per heavy atom. The van der Waals surface area contributed by atoms with Gasteiger partial charge in [0, 0.05) is 37.3 Å². The lowest BCUT2D eigenvalue weighted by molar-refractivity contribution is 0.00336. The van der Waals surface area contributed by atoms with Gasteiger partial charge in [-0.3, -0.25) is 9.36 Å². The molecule has 2 aromatic heterocycles. The summed E-state index contributed by atoms with van der Waals surface area (Å²) in [7, 11) is -3.79. The monoisotopic (exact) mass is 662 g/mol. The zero-order valence-corrected chi connectivity index (χ0v) is 27.8. The lowest BCUT2D eigenvalue weighted by Crippen LogP contribution is -2.35. The predicted octanol–water partition coefficient (Wildman–Crippen LogP) is 4.76. The van der Waals surface area contributed by atoms with Crippen LogP contribution in [0.2, 0.25) is 30.7 Å². The van der Waals surface area contributed by atoms with E-state index in [1.807, 2.05) is 0 Å². The number of hydrogen-bond donors (Lipinski definition) is 1. The minimum absolute atomic E-state index is 0.170. The van der Waals surface area contributed by atoms with Crippen LogP contribution in [0, 0.1) is 0 Å². The second-order valence-corrected chi connectivity index (χ2v) is 21.4. The molecule has 5 heterocycles. The number of hydrogen-bond acceptors (Lipinski definition) is 9. The molecule has 1 aromatic carbocycles. The number of amides is 1. The first-order chi connectivity index (χ1) is 21.0. The smallest absolute Gasteiger partial charge is 0.301 e. The Labute approximate surface area is 263 Å². The van der Waals surface area contributed by atoms with Gasteiger partial charge in [0.15, 0.2) is 11.8 Å². The second kappa shape index (κ2) is 12.8. The fourth-order valence-corrected chi connectivity index (χ4v) is 8.74. The summed E-state index contributed by atoms with van der Waals surface area (Å²) in [6, 6.07) is 9.87. The number of carbonyl (C=O) groups is 1. The molecule has 0 saturated carbocycles. The Hall–Kier alpha value is -2.39. The van der Waals surface area contributed by atoms with Crippen molar-refractivity contribution in [1.82, 2.24) is 14.5 Å². The highest BCUT2D eigenvalue weighted by atomic mass is 35.5. The van der Waals surface area contributed by atoms with Gasteiger partial charge in [0.2, 0.25) is 0 Å². The number of aromatic nitrogens is 3. The van der Waals surface area contributed by atoms with Crippen LogP contribution in [-0.4, -0.2) is 93.6 Å². The van der Waals surface area contributed by atoms with Crippen LogP contribution in [0.3, 0.4) is 0 Å². The molecule has 0 bridgehead atoms. The molecular weight excluding hydrogens is 624 g/mol. The topological polar surface area (TPSA) is 134 Å². The summed E-state index contributed by atoms with van der Waals surface area (Å²) < 4.78 is 42.7. The average Bonchev–Trinajstić information content (AvgIpc) is 3.65. The Morgan fingerprint density at radius 3 is 2.57 bits per heavy atom. The minimum atomic E-state index is -2.49. The van der Waals surface area contributed by atoms with E-state index in [9.17, 15) is 14.1 Å². The summed E-state index contributed by atoms with van der Waals surface area (Å²) in [6.45, 7) is 8.10. The number of aliphatic hydroxyl groups is 1. The highest BCUT2D eigenvalue weighted by molar-refractivity contribution is 7.93. The van der Waals surface area contributed by atoms with E-state index in [-0.39, 0.29) is 19.9 Å². The van der Waals surface area contributed by atoms with Crippen LogP contribution in [0.25, 0.3) is 22.4 Å². The van der Waals surface area contributed by atoms with Crippen molar-refractivity contribution in [3.05, 3.63) is 40.9 Å². The molecule has 11 nitrogen and oxygen atoms in total. The van der Waals surface area contributed by atoms with E-state index in [2.05, 4.69) is 24.0 Å². The SMILES string of the molecule is C[Si](C)(C)CCOCn1c(O[C@@H]2CO[C@H]3[C@@H]2OC[C@H]3O)nc2cc(Cl)c(-c3ccc(C(=O)N=S4(=O)CCCCC4)cc3)nc21. The molecule has 1 N–H and O–H groups in total. The number of imidazole rings is 1. The molecule has 1 amide bonds. The summed E-state index contributed by atoms with van der Waals surface area (Å²) in [5, 5.41) is 10.5. The van der Waals surface area contributed by atoms with Crippen LogP contribution in [0.4, 0.5) is 0 Å². The van der Waals surface area contributed by atoms with E-state index in [0.717, 1.165) is 25.3 Å². The maximum atomic E-state index is 12.9. The third kappa shape index (κ3) is 6.88. The molecule has 0 unspecified atom stereocenters. The maximum absolute atomic E-state index is 12.9. The molecule has 0 aliphatic carbocycles. The van der Waals surface area contributed by atoms with Crippen LogP contribution < -0.4 is 4.74 Å². The molecule has 0 spiro atoms. The average molecular weight is 663 g/mol. The number of benzene rings is 1. The molecule has 44 heavy (non-hydrogen) atoms. The standard InChI is InChI=1S/C30H39ClN4O7SSi/c1-44(2,3)14-11-39-18-35-28-22(32-30(35)42-24-17-41-26-23(36)16-40-27(24)26)15-21(31)25(33-28)19-7-9-20(10-8-19)29(37)34-43(38)12-5-4-6-13-43/h7-10,15,23-24,26-27,36H,4-6,11-14,16-18H2,1-3H3/t23-,24-,26-,27-/m1/s1. The number of halogens is 1. The molecule has 3 fully saturated rings. The van der Waals surface area contributed by atoms with E-state index < -0.39 is 48.1 Å². The number of nitrogens with zero attached hydrogens (tertiary/aromatic N) is 4. The van der Waals surface area contributed by atoms with E-state index in [4.69, 9.17) is 40.5 Å². The van der Waals surface area contributed by atoms with E-state index >= 15 is 0 Å². The molecule has 6 rings (SSSR count). The van der Waals surface area contributed by atoms with Crippen molar-refractivity contribution in [3.8, 4) is 17.3 Å². The Morgan fingerprint density at radius 2 is 1.84 bits per heavy atom. The van der Waals surface area contributed by atoms with Crippen molar-refractivity contribution in [2.75, 3.05) is 31.3 Å². The molecule has 238 valence electrons. The van der Waals surface area contributed by atoms with Gasteiger partial charge >= 0.3 is 6.01 Å². The largest absolute Gasteiger partial charge is 0.456 e. The molecule has 3 aliphatic heterocycles. The highest BCUT2D eigenvalue weighted by Gasteiger charge is 2.49. The quantitative estimate of drug-likeness (QED) is 0.254. The van der Waals surface area contributed by atoms with Crippen molar-refractivity contribution in [3.63, 3.8) is 0 Å². The zero-order valence-electron chi connectivity index (χ0n) is 25.2. The second-order valence-electron chi connectivity index (χ2n) is 12.9. The Kier molecular flexibility index (Phi) is 9.17. The van der Waals surface area contributed by atoms with Gasteiger partial charge in [-0.25, -0.2) is 9.19 Å². The summed E-state index contributed by atoms with van der Waals surface area (Å²) in [4.78, 5) is 22.4. The summed E-state index contributed by atoms with van der Waals surface area (Å²) >= 11 is 6.71. The molecule has 3 aromatic rings.